The van der Waals surface area contributed by atoms with Crippen LogP contribution >= 0.6 is 0 Å². The Morgan fingerprint density at radius 2 is 1.68 bits per heavy atom. The molecule has 0 spiro atoms. The molecular formula is C21H22NO3+. The average molecular weight is 336 g/mol. The van der Waals surface area contributed by atoms with E-state index in [1.54, 1.807) is 14.2 Å². The third-order valence-electron chi connectivity index (χ3n) is 4.87. The van der Waals surface area contributed by atoms with Gasteiger partial charge in [0.15, 0.2) is 11.5 Å². The van der Waals surface area contributed by atoms with Gasteiger partial charge in [0.05, 0.1) is 25.7 Å². The van der Waals surface area contributed by atoms with Gasteiger partial charge in [-0.25, -0.2) is 4.98 Å². The van der Waals surface area contributed by atoms with Crippen molar-refractivity contribution in [1.29, 1.82) is 0 Å². The second kappa shape index (κ2) is 5.96. The normalized spacial score (nSPS) is 11.5. The summed E-state index contributed by atoms with van der Waals surface area (Å²) in [5.41, 5.74) is 5.37. The van der Waals surface area contributed by atoms with Crippen LogP contribution in [0.25, 0.3) is 33.1 Å². The largest absolute Gasteiger partial charge is 0.493 e. The van der Waals surface area contributed by atoms with Crippen molar-refractivity contribution in [3.05, 3.63) is 41.7 Å². The number of benzene rings is 1. The van der Waals surface area contributed by atoms with Crippen LogP contribution in [-0.4, -0.2) is 14.2 Å². The molecule has 2 heterocycles. The SMILES string of the molecule is CCc1cc2c(CC)ccc3[nH+]c4cc(OC)c(OC)cc4c-3c2o1. The molecule has 0 atom stereocenters. The highest BCUT2D eigenvalue weighted by Crippen LogP contribution is 2.40. The number of aromatic amines is 1. The lowest BCUT2D eigenvalue weighted by Crippen LogP contribution is -1.99. The zero-order valence-corrected chi connectivity index (χ0v) is 15.0. The van der Waals surface area contributed by atoms with Crippen LogP contribution in [0, 0.1) is 0 Å². The summed E-state index contributed by atoms with van der Waals surface area (Å²) in [5.74, 6) is 2.44. The first-order valence-corrected chi connectivity index (χ1v) is 8.65. The summed E-state index contributed by atoms with van der Waals surface area (Å²) in [4.78, 5) is 3.50. The Morgan fingerprint density at radius 3 is 2.36 bits per heavy atom. The topological polar surface area (TPSA) is 45.7 Å². The fourth-order valence-corrected chi connectivity index (χ4v) is 3.53. The Hall–Kier alpha value is -2.75. The predicted molar refractivity (Wildman–Crippen MR) is 98.8 cm³/mol. The minimum Gasteiger partial charge on any atom is -0.493 e. The minimum absolute atomic E-state index is 0.713. The van der Waals surface area contributed by atoms with Crippen LogP contribution in [0.2, 0.25) is 0 Å². The molecule has 0 radical (unpaired) electrons. The third kappa shape index (κ3) is 2.32. The van der Waals surface area contributed by atoms with Gasteiger partial charge in [-0.3, -0.25) is 0 Å². The van der Waals surface area contributed by atoms with Crippen LogP contribution in [0.1, 0.15) is 25.2 Å². The summed E-state index contributed by atoms with van der Waals surface area (Å²) in [6.45, 7) is 4.29. The van der Waals surface area contributed by atoms with Crippen LogP contribution in [0.15, 0.2) is 34.7 Å². The molecule has 1 aromatic heterocycles. The number of methoxy groups -OCH3 is 2. The van der Waals surface area contributed by atoms with Crippen molar-refractivity contribution in [2.45, 2.75) is 26.7 Å². The summed E-state index contributed by atoms with van der Waals surface area (Å²) in [5, 5.41) is 2.26. The second-order valence-electron chi connectivity index (χ2n) is 6.19. The molecule has 1 N–H and O–H groups in total. The van der Waals surface area contributed by atoms with Crippen molar-refractivity contribution in [1.82, 2.24) is 0 Å². The molecule has 0 saturated heterocycles. The molecule has 2 aromatic rings. The number of hydrogen-bond donors (Lipinski definition) is 0. The number of nitrogens with one attached hydrogen (secondary N) is 1. The highest BCUT2D eigenvalue weighted by Gasteiger charge is 2.25. The Labute approximate surface area is 146 Å². The molecule has 4 heteroatoms. The summed E-state index contributed by atoms with van der Waals surface area (Å²) >= 11 is 0. The molecule has 0 unspecified atom stereocenters. The van der Waals surface area contributed by atoms with E-state index in [-0.39, 0.29) is 0 Å². The first kappa shape index (κ1) is 15.8. The van der Waals surface area contributed by atoms with E-state index in [4.69, 9.17) is 13.9 Å². The third-order valence-corrected chi connectivity index (χ3v) is 4.87. The first-order chi connectivity index (χ1) is 12.2. The lowest BCUT2D eigenvalue weighted by Gasteiger charge is -2.05. The molecule has 0 bridgehead atoms. The van der Waals surface area contributed by atoms with Gasteiger partial charge < -0.3 is 13.9 Å². The first-order valence-electron chi connectivity index (χ1n) is 8.65. The van der Waals surface area contributed by atoms with Gasteiger partial charge in [-0.2, -0.15) is 0 Å². The summed E-state index contributed by atoms with van der Waals surface area (Å²) in [6, 6.07) is 10.5. The average Bonchev–Trinajstić information content (AvgIpc) is 3.18. The Kier molecular flexibility index (Phi) is 3.75. The number of ether oxygens (including phenoxy) is 2. The summed E-state index contributed by atoms with van der Waals surface area (Å²) in [6.07, 6.45) is 1.84. The molecule has 128 valence electrons. The van der Waals surface area contributed by atoms with Crippen LogP contribution in [0.4, 0.5) is 0 Å². The van der Waals surface area contributed by atoms with Gasteiger partial charge in [0.1, 0.15) is 16.9 Å². The Balaban J connectivity index is 2.17. The highest BCUT2D eigenvalue weighted by molar-refractivity contribution is 6.06. The van der Waals surface area contributed by atoms with Crippen LogP contribution in [0.3, 0.4) is 0 Å². The predicted octanol–water partition coefficient (Wildman–Crippen LogP) is 4.65. The number of aryl methyl sites for hydroxylation is 2. The lowest BCUT2D eigenvalue weighted by molar-refractivity contribution is -0.327. The maximum Gasteiger partial charge on any atom is 0.216 e. The van der Waals surface area contributed by atoms with Gasteiger partial charge in [0.25, 0.3) is 0 Å². The lowest BCUT2D eigenvalue weighted by atomic mass is 10.1. The van der Waals surface area contributed by atoms with Gasteiger partial charge in [-0.15, -0.1) is 0 Å². The smallest absolute Gasteiger partial charge is 0.216 e. The number of rotatable bonds is 4. The van der Waals surface area contributed by atoms with Gasteiger partial charge in [-0.1, -0.05) is 19.9 Å². The molecule has 25 heavy (non-hydrogen) atoms. The molecule has 1 aliphatic carbocycles. The highest BCUT2D eigenvalue weighted by atomic mass is 16.5. The zero-order chi connectivity index (χ0) is 17.6. The summed E-state index contributed by atoms with van der Waals surface area (Å²) in [7, 11) is 3.31. The maximum absolute atomic E-state index is 6.24. The van der Waals surface area contributed by atoms with E-state index in [9.17, 15) is 0 Å². The molecular weight excluding hydrogens is 314 g/mol. The van der Waals surface area contributed by atoms with Gasteiger partial charge in [-0.05, 0) is 24.1 Å². The monoisotopic (exact) mass is 336 g/mol. The second-order valence-corrected chi connectivity index (χ2v) is 6.19. The zero-order valence-electron chi connectivity index (χ0n) is 15.0. The standard InChI is InChI=1S/C21H21NO3/c1-5-12-7-8-16-20(21-14(12)9-13(6-2)25-21)15-10-18(23-3)19(24-4)11-17(15)22-16/h7-11H,5-6H2,1-4H3/p+1. The molecule has 1 aromatic carbocycles. The van der Waals surface area contributed by atoms with Crippen LogP contribution in [0.5, 0.6) is 11.5 Å². The Bertz CT molecular complexity index is 1050. The number of hydrogen-bond acceptors (Lipinski definition) is 3. The maximum atomic E-state index is 6.24. The van der Waals surface area contributed by atoms with Crippen LogP contribution < -0.4 is 14.5 Å². The molecule has 4 nitrogen and oxygen atoms in total. The van der Waals surface area contributed by atoms with Gasteiger partial charge in [0, 0.05) is 17.9 Å². The van der Waals surface area contributed by atoms with Crippen molar-refractivity contribution in [2.24, 2.45) is 0 Å². The van der Waals surface area contributed by atoms with Crippen molar-refractivity contribution in [3.63, 3.8) is 0 Å². The van der Waals surface area contributed by atoms with E-state index in [1.807, 2.05) is 12.1 Å². The molecule has 1 aliphatic heterocycles. The van der Waals surface area contributed by atoms with E-state index < -0.39 is 0 Å². The minimum atomic E-state index is 0.713. The van der Waals surface area contributed by atoms with Crippen molar-refractivity contribution >= 4 is 21.9 Å². The van der Waals surface area contributed by atoms with Crippen LogP contribution in [-0.2, 0) is 12.8 Å². The summed E-state index contributed by atoms with van der Waals surface area (Å²) < 4.78 is 17.2. The fraction of sp³-hybridized carbons (Fsp3) is 0.286. The molecule has 2 aliphatic rings. The van der Waals surface area contributed by atoms with E-state index in [0.29, 0.717) is 11.5 Å². The van der Waals surface area contributed by atoms with E-state index in [2.05, 4.69) is 37.0 Å². The van der Waals surface area contributed by atoms with Crippen molar-refractivity contribution in [3.8, 4) is 22.8 Å². The molecule has 0 fully saturated rings. The molecule has 0 amide bonds. The molecule has 4 rings (SSSR count). The number of aromatic nitrogens is 1. The van der Waals surface area contributed by atoms with Gasteiger partial charge in [0.2, 0.25) is 11.2 Å². The van der Waals surface area contributed by atoms with Crippen molar-refractivity contribution < 1.29 is 18.9 Å². The number of H-pyrrole nitrogens is 1. The van der Waals surface area contributed by atoms with E-state index >= 15 is 0 Å². The van der Waals surface area contributed by atoms with Crippen molar-refractivity contribution in [2.75, 3.05) is 14.2 Å². The number of furan rings is 1. The fourth-order valence-electron chi connectivity index (χ4n) is 3.53. The number of fused-ring (bicyclic) bond motifs is 5. The Morgan fingerprint density at radius 1 is 0.920 bits per heavy atom. The van der Waals surface area contributed by atoms with Gasteiger partial charge >= 0.3 is 0 Å². The molecule has 0 saturated carbocycles. The van der Waals surface area contributed by atoms with E-state index in [0.717, 1.165) is 46.3 Å². The quantitative estimate of drug-likeness (QED) is 0.545. The van der Waals surface area contributed by atoms with E-state index in [1.165, 1.54) is 10.9 Å².